The van der Waals surface area contributed by atoms with Crippen LogP contribution >= 0.6 is 0 Å². The summed E-state index contributed by atoms with van der Waals surface area (Å²) in [5.41, 5.74) is 1.20. The minimum absolute atomic E-state index is 0.0273. The second-order valence-electron chi connectivity index (χ2n) is 6.18. The molecule has 1 fully saturated rings. The summed E-state index contributed by atoms with van der Waals surface area (Å²) < 4.78 is 0. The molecule has 1 aliphatic heterocycles. The first kappa shape index (κ1) is 14.1. The Morgan fingerprint density at radius 3 is 3.00 bits per heavy atom. The Morgan fingerprint density at radius 1 is 1.53 bits per heavy atom. The van der Waals surface area contributed by atoms with Gasteiger partial charge >= 0.3 is 0 Å². The number of nitrogens with one attached hydrogen (secondary N) is 3. The van der Waals surface area contributed by atoms with E-state index in [-0.39, 0.29) is 11.3 Å². The fourth-order valence-electron chi connectivity index (χ4n) is 2.60. The highest BCUT2D eigenvalue weighted by molar-refractivity contribution is 5.76. The normalized spacial score (nSPS) is 20.2. The van der Waals surface area contributed by atoms with Gasteiger partial charge in [-0.3, -0.25) is 4.79 Å². The molecule has 4 heteroatoms. The van der Waals surface area contributed by atoms with Crippen molar-refractivity contribution >= 4 is 5.91 Å². The highest BCUT2D eigenvalue weighted by atomic mass is 16.1. The second-order valence-corrected chi connectivity index (χ2v) is 6.18. The van der Waals surface area contributed by atoms with Gasteiger partial charge in [0.2, 0.25) is 5.91 Å². The van der Waals surface area contributed by atoms with E-state index in [2.05, 4.69) is 35.5 Å². The summed E-state index contributed by atoms with van der Waals surface area (Å²) in [5, 5.41) is 6.43. The number of H-pyrrole nitrogens is 1. The molecule has 0 bridgehead atoms. The Morgan fingerprint density at radius 2 is 2.37 bits per heavy atom. The molecular weight excluding hydrogens is 238 g/mol. The molecule has 1 aliphatic rings. The average Bonchev–Trinajstić information content (AvgIpc) is 2.92. The highest BCUT2D eigenvalue weighted by Crippen LogP contribution is 2.21. The van der Waals surface area contributed by atoms with Gasteiger partial charge in [-0.2, -0.15) is 0 Å². The summed E-state index contributed by atoms with van der Waals surface area (Å²) in [5.74, 6) is 0.682. The van der Waals surface area contributed by atoms with E-state index in [9.17, 15) is 4.79 Å². The Kier molecular flexibility index (Phi) is 4.64. The van der Waals surface area contributed by atoms with Crippen LogP contribution in [0, 0.1) is 5.92 Å². The summed E-state index contributed by atoms with van der Waals surface area (Å²) in [6, 6.07) is 2.07. The monoisotopic (exact) mass is 263 g/mol. The Bertz CT molecular complexity index is 392. The molecule has 2 rings (SSSR count). The van der Waals surface area contributed by atoms with Gasteiger partial charge in [-0.05, 0) is 43.5 Å². The third kappa shape index (κ3) is 4.10. The summed E-state index contributed by atoms with van der Waals surface area (Å²) in [4.78, 5) is 15.0. The van der Waals surface area contributed by atoms with E-state index < -0.39 is 0 Å². The molecule has 2 heterocycles. The van der Waals surface area contributed by atoms with Crippen LogP contribution in [0.25, 0.3) is 0 Å². The molecule has 1 saturated heterocycles. The first-order chi connectivity index (χ1) is 9.08. The van der Waals surface area contributed by atoms with Gasteiger partial charge < -0.3 is 15.6 Å². The molecule has 0 aliphatic carbocycles. The third-order valence-corrected chi connectivity index (χ3v) is 3.98. The lowest BCUT2D eigenvalue weighted by Crippen LogP contribution is -2.39. The molecular formula is C15H25N3O. The average molecular weight is 263 g/mol. The van der Waals surface area contributed by atoms with Crippen molar-refractivity contribution in [3.8, 4) is 0 Å². The van der Waals surface area contributed by atoms with Gasteiger partial charge in [0.15, 0.2) is 0 Å². The van der Waals surface area contributed by atoms with E-state index in [1.807, 2.05) is 12.4 Å². The standard InChI is InChI=1S/C15H25N3O/c1-15(2,13-5-7-17-10-13)11-18-14(19)8-12-4-3-6-16-9-12/h5,7,10,12,16-17H,3-4,6,8-9,11H2,1-2H3,(H,18,19). The van der Waals surface area contributed by atoms with Gasteiger partial charge in [0.25, 0.3) is 0 Å². The zero-order valence-electron chi connectivity index (χ0n) is 12.0. The zero-order valence-corrected chi connectivity index (χ0v) is 12.0. The van der Waals surface area contributed by atoms with Crippen LogP contribution in [0.15, 0.2) is 18.5 Å². The summed E-state index contributed by atoms with van der Waals surface area (Å²) in [6.45, 7) is 7.06. The minimum atomic E-state index is -0.0273. The van der Waals surface area contributed by atoms with E-state index in [4.69, 9.17) is 0 Å². The van der Waals surface area contributed by atoms with Crippen molar-refractivity contribution in [1.29, 1.82) is 0 Å². The van der Waals surface area contributed by atoms with E-state index in [0.717, 1.165) is 13.1 Å². The van der Waals surface area contributed by atoms with Gasteiger partial charge in [-0.1, -0.05) is 13.8 Å². The molecule has 4 nitrogen and oxygen atoms in total. The molecule has 1 aromatic heterocycles. The number of hydrogen-bond acceptors (Lipinski definition) is 2. The number of carbonyl (C=O) groups is 1. The largest absolute Gasteiger partial charge is 0.367 e. The molecule has 1 amide bonds. The molecule has 1 atom stereocenters. The van der Waals surface area contributed by atoms with Crippen LogP contribution in [0.3, 0.4) is 0 Å². The summed E-state index contributed by atoms with van der Waals surface area (Å²) in [7, 11) is 0. The second kappa shape index (κ2) is 6.24. The highest BCUT2D eigenvalue weighted by Gasteiger charge is 2.23. The first-order valence-corrected chi connectivity index (χ1v) is 7.18. The van der Waals surface area contributed by atoms with Gasteiger partial charge in [0.05, 0.1) is 0 Å². The lowest BCUT2D eigenvalue weighted by atomic mass is 9.86. The zero-order chi connectivity index (χ0) is 13.7. The molecule has 0 spiro atoms. The SMILES string of the molecule is CC(C)(CNC(=O)CC1CCCNC1)c1cc[nH]c1. The van der Waals surface area contributed by atoms with Crippen molar-refractivity contribution in [3.05, 3.63) is 24.0 Å². The molecule has 0 radical (unpaired) electrons. The molecule has 19 heavy (non-hydrogen) atoms. The third-order valence-electron chi connectivity index (χ3n) is 3.98. The molecule has 0 aromatic carbocycles. The number of rotatable bonds is 5. The predicted octanol–water partition coefficient (Wildman–Crippen LogP) is 1.80. The summed E-state index contributed by atoms with van der Waals surface area (Å²) in [6.07, 6.45) is 6.93. The van der Waals surface area contributed by atoms with Gasteiger partial charge in [0.1, 0.15) is 0 Å². The maximum absolute atomic E-state index is 12.0. The number of hydrogen-bond donors (Lipinski definition) is 3. The van der Waals surface area contributed by atoms with E-state index in [1.165, 1.54) is 18.4 Å². The van der Waals surface area contributed by atoms with Gasteiger partial charge in [-0.15, -0.1) is 0 Å². The van der Waals surface area contributed by atoms with E-state index in [0.29, 0.717) is 18.9 Å². The Labute approximate surface area is 115 Å². The Hall–Kier alpha value is -1.29. The number of aromatic amines is 1. The van der Waals surface area contributed by atoms with Crippen molar-refractivity contribution in [3.63, 3.8) is 0 Å². The maximum atomic E-state index is 12.0. The van der Waals surface area contributed by atoms with Crippen LogP contribution in [-0.2, 0) is 10.2 Å². The maximum Gasteiger partial charge on any atom is 0.220 e. The molecule has 0 saturated carbocycles. The topological polar surface area (TPSA) is 56.9 Å². The number of aromatic nitrogens is 1. The lowest BCUT2D eigenvalue weighted by molar-refractivity contribution is -0.122. The number of amides is 1. The van der Waals surface area contributed by atoms with Crippen LogP contribution in [0.1, 0.15) is 38.7 Å². The van der Waals surface area contributed by atoms with Crippen molar-refractivity contribution in [2.75, 3.05) is 19.6 Å². The minimum Gasteiger partial charge on any atom is -0.367 e. The van der Waals surface area contributed by atoms with Crippen molar-refractivity contribution < 1.29 is 4.79 Å². The number of piperidine rings is 1. The van der Waals surface area contributed by atoms with E-state index >= 15 is 0 Å². The van der Waals surface area contributed by atoms with Crippen LogP contribution in [-0.4, -0.2) is 30.5 Å². The van der Waals surface area contributed by atoms with Crippen molar-refractivity contribution in [2.45, 2.75) is 38.5 Å². The van der Waals surface area contributed by atoms with Crippen LogP contribution in [0.5, 0.6) is 0 Å². The fourth-order valence-corrected chi connectivity index (χ4v) is 2.60. The predicted molar refractivity (Wildman–Crippen MR) is 77.0 cm³/mol. The van der Waals surface area contributed by atoms with Gasteiger partial charge in [0, 0.05) is 30.8 Å². The van der Waals surface area contributed by atoms with Crippen LogP contribution in [0.4, 0.5) is 0 Å². The molecule has 106 valence electrons. The Balaban J connectivity index is 1.76. The lowest BCUT2D eigenvalue weighted by Gasteiger charge is -2.26. The molecule has 1 aromatic rings. The molecule has 1 unspecified atom stereocenters. The fraction of sp³-hybridized carbons (Fsp3) is 0.667. The van der Waals surface area contributed by atoms with E-state index in [1.54, 1.807) is 0 Å². The summed E-state index contributed by atoms with van der Waals surface area (Å²) >= 11 is 0. The van der Waals surface area contributed by atoms with Gasteiger partial charge in [-0.25, -0.2) is 0 Å². The van der Waals surface area contributed by atoms with Crippen LogP contribution < -0.4 is 10.6 Å². The number of carbonyl (C=O) groups excluding carboxylic acids is 1. The van der Waals surface area contributed by atoms with Crippen molar-refractivity contribution in [2.24, 2.45) is 5.92 Å². The van der Waals surface area contributed by atoms with Crippen LogP contribution in [0.2, 0.25) is 0 Å². The van der Waals surface area contributed by atoms with Crippen molar-refractivity contribution in [1.82, 2.24) is 15.6 Å². The smallest absolute Gasteiger partial charge is 0.220 e. The first-order valence-electron chi connectivity index (χ1n) is 7.18. The molecule has 3 N–H and O–H groups in total. The quantitative estimate of drug-likeness (QED) is 0.758.